The van der Waals surface area contributed by atoms with E-state index < -0.39 is 12.1 Å². The number of nitrogens with zero attached hydrogens (tertiary/aromatic N) is 2. The number of guanidine groups is 1. The van der Waals surface area contributed by atoms with Gasteiger partial charge in [-0.25, -0.2) is 4.79 Å². The third kappa shape index (κ3) is 5.85. The lowest BCUT2D eigenvalue weighted by Gasteiger charge is -2.32. The van der Waals surface area contributed by atoms with E-state index in [2.05, 4.69) is 0 Å². The van der Waals surface area contributed by atoms with Gasteiger partial charge in [-0.05, 0) is 49.1 Å². The fraction of sp³-hybridized carbons (Fsp3) is 0.423. The second kappa shape index (κ2) is 10.7. The molecule has 0 aromatic heterocycles. The molecule has 5 N–H and O–H groups in total. The molecule has 2 aromatic rings. The number of likely N-dealkylation sites (tertiary alicyclic amines) is 1. The Morgan fingerprint density at radius 1 is 1.03 bits per heavy atom. The zero-order valence-electron chi connectivity index (χ0n) is 20.0. The molecule has 1 saturated heterocycles. The Labute approximate surface area is 205 Å². The number of carboxylic acids is 1. The fourth-order valence-corrected chi connectivity index (χ4v) is 4.71. The SMILES string of the molecule is CC(=N)N1CCC(Oc2ccc(C(Oc3cccc4c3CCN(C(=N)N)CC4)C(=O)O)cc2)CC1. The molecule has 4 rings (SSSR count). The highest BCUT2D eigenvalue weighted by atomic mass is 16.5. The van der Waals surface area contributed by atoms with Crippen molar-refractivity contribution in [2.75, 3.05) is 26.2 Å². The van der Waals surface area contributed by atoms with Crippen LogP contribution in [0.15, 0.2) is 42.5 Å². The molecule has 186 valence electrons. The number of benzene rings is 2. The van der Waals surface area contributed by atoms with Crippen LogP contribution in [0.5, 0.6) is 11.5 Å². The number of fused-ring (bicyclic) bond motifs is 1. The van der Waals surface area contributed by atoms with Gasteiger partial charge in [0.1, 0.15) is 17.6 Å². The number of carbonyl (C=O) groups is 1. The summed E-state index contributed by atoms with van der Waals surface area (Å²) in [5.74, 6) is 0.805. The van der Waals surface area contributed by atoms with Gasteiger partial charge < -0.3 is 30.1 Å². The van der Waals surface area contributed by atoms with Crippen LogP contribution in [0.25, 0.3) is 0 Å². The predicted molar refractivity (Wildman–Crippen MR) is 133 cm³/mol. The molecule has 35 heavy (non-hydrogen) atoms. The number of aliphatic carboxylic acids is 1. The van der Waals surface area contributed by atoms with E-state index in [1.807, 2.05) is 21.9 Å². The molecule has 9 nitrogen and oxygen atoms in total. The van der Waals surface area contributed by atoms with E-state index in [1.54, 1.807) is 37.3 Å². The van der Waals surface area contributed by atoms with Gasteiger partial charge in [-0.2, -0.15) is 0 Å². The van der Waals surface area contributed by atoms with Crippen LogP contribution < -0.4 is 15.2 Å². The van der Waals surface area contributed by atoms with Crippen molar-refractivity contribution in [1.29, 1.82) is 10.8 Å². The van der Waals surface area contributed by atoms with Gasteiger partial charge in [0.15, 0.2) is 5.96 Å². The summed E-state index contributed by atoms with van der Waals surface area (Å²) in [7, 11) is 0. The number of piperidine rings is 1. The number of ether oxygens (including phenoxy) is 2. The lowest BCUT2D eigenvalue weighted by molar-refractivity contribution is -0.145. The summed E-state index contributed by atoms with van der Waals surface area (Å²) >= 11 is 0. The number of hydrogen-bond donors (Lipinski definition) is 4. The molecular formula is C26H33N5O4. The molecule has 2 aliphatic heterocycles. The maximum atomic E-state index is 12.1. The molecule has 1 fully saturated rings. The lowest BCUT2D eigenvalue weighted by atomic mass is 10.0. The predicted octanol–water partition coefficient (Wildman–Crippen LogP) is 3.03. The van der Waals surface area contributed by atoms with Crippen LogP contribution in [-0.4, -0.2) is 65.0 Å². The Kier molecular flexibility index (Phi) is 7.43. The molecule has 2 heterocycles. The van der Waals surface area contributed by atoms with Gasteiger partial charge in [0.05, 0.1) is 5.84 Å². The lowest BCUT2D eigenvalue weighted by Crippen LogP contribution is -2.40. The molecule has 1 atom stereocenters. The molecule has 2 aliphatic rings. The van der Waals surface area contributed by atoms with Crippen molar-refractivity contribution >= 4 is 17.8 Å². The normalized spacial score (nSPS) is 17.2. The van der Waals surface area contributed by atoms with Gasteiger partial charge in [-0.1, -0.05) is 24.3 Å². The van der Waals surface area contributed by atoms with Gasteiger partial charge >= 0.3 is 5.97 Å². The number of nitrogens with one attached hydrogen (secondary N) is 2. The molecule has 0 bridgehead atoms. The van der Waals surface area contributed by atoms with Crippen molar-refractivity contribution < 1.29 is 19.4 Å². The third-order valence-corrected chi connectivity index (χ3v) is 6.72. The molecule has 0 aliphatic carbocycles. The Balaban J connectivity index is 1.44. The van der Waals surface area contributed by atoms with Crippen LogP contribution in [0.4, 0.5) is 0 Å². The largest absolute Gasteiger partial charge is 0.490 e. The van der Waals surface area contributed by atoms with Crippen LogP contribution in [0, 0.1) is 10.8 Å². The van der Waals surface area contributed by atoms with Gasteiger partial charge in [0.25, 0.3) is 0 Å². The second-order valence-electron chi connectivity index (χ2n) is 9.06. The topological polar surface area (TPSA) is 136 Å². The summed E-state index contributed by atoms with van der Waals surface area (Å²) in [6, 6.07) is 12.8. The van der Waals surface area contributed by atoms with Crippen LogP contribution >= 0.6 is 0 Å². The van der Waals surface area contributed by atoms with E-state index in [-0.39, 0.29) is 12.1 Å². The standard InChI is InChI=1S/C26H33N5O4/c1-17(27)30-14-10-21(11-15-30)34-20-7-5-19(6-8-20)24(25(32)33)35-23-4-2-3-18-9-13-31(26(28)29)16-12-22(18)23/h2-8,21,24,27H,9-16H2,1H3,(H3,28,29)(H,32,33). The minimum atomic E-state index is -1.15. The second-order valence-corrected chi connectivity index (χ2v) is 9.06. The van der Waals surface area contributed by atoms with E-state index in [0.29, 0.717) is 48.8 Å². The first-order valence-corrected chi connectivity index (χ1v) is 12.0. The third-order valence-electron chi connectivity index (χ3n) is 6.72. The van der Waals surface area contributed by atoms with Crippen molar-refractivity contribution in [2.24, 2.45) is 5.73 Å². The van der Waals surface area contributed by atoms with Crippen molar-refractivity contribution in [1.82, 2.24) is 9.80 Å². The number of rotatable bonds is 6. The zero-order valence-corrected chi connectivity index (χ0v) is 20.0. The van der Waals surface area contributed by atoms with Crippen LogP contribution in [0.2, 0.25) is 0 Å². The summed E-state index contributed by atoms with van der Waals surface area (Å²) in [5.41, 5.74) is 8.27. The summed E-state index contributed by atoms with van der Waals surface area (Å²) in [6.45, 7) is 4.64. The summed E-state index contributed by atoms with van der Waals surface area (Å²) in [5, 5.41) is 25.4. The Hall–Kier alpha value is -3.75. The number of nitrogens with two attached hydrogens (primary N) is 1. The monoisotopic (exact) mass is 479 g/mol. The quantitative estimate of drug-likeness (QED) is 0.369. The minimum Gasteiger partial charge on any atom is -0.490 e. The smallest absolute Gasteiger partial charge is 0.349 e. The Bertz CT molecular complexity index is 1080. The maximum absolute atomic E-state index is 12.1. The number of amidine groups is 1. The highest BCUT2D eigenvalue weighted by Crippen LogP contribution is 2.31. The molecule has 2 aromatic carbocycles. The van der Waals surface area contributed by atoms with E-state index >= 15 is 0 Å². The van der Waals surface area contributed by atoms with Crippen molar-refractivity contribution in [3.63, 3.8) is 0 Å². The van der Waals surface area contributed by atoms with E-state index in [1.165, 1.54) is 0 Å². The van der Waals surface area contributed by atoms with E-state index in [0.717, 1.165) is 37.1 Å². The fourth-order valence-electron chi connectivity index (χ4n) is 4.71. The molecule has 0 spiro atoms. The molecule has 1 unspecified atom stereocenters. The molecule has 9 heteroatoms. The summed E-state index contributed by atoms with van der Waals surface area (Å²) in [4.78, 5) is 16.0. The van der Waals surface area contributed by atoms with E-state index in [4.69, 9.17) is 26.0 Å². The average molecular weight is 480 g/mol. The first-order chi connectivity index (χ1) is 16.8. The van der Waals surface area contributed by atoms with Gasteiger partial charge in [-0.15, -0.1) is 0 Å². The van der Waals surface area contributed by atoms with Crippen LogP contribution in [-0.2, 0) is 17.6 Å². The van der Waals surface area contributed by atoms with E-state index in [9.17, 15) is 9.90 Å². The average Bonchev–Trinajstić information content (AvgIpc) is 3.07. The zero-order chi connectivity index (χ0) is 24.9. The summed E-state index contributed by atoms with van der Waals surface area (Å²) in [6.07, 6.45) is 1.96. The Morgan fingerprint density at radius 2 is 1.71 bits per heavy atom. The first kappa shape index (κ1) is 24.4. The first-order valence-electron chi connectivity index (χ1n) is 12.0. The van der Waals surface area contributed by atoms with Crippen molar-refractivity contribution in [3.8, 4) is 11.5 Å². The van der Waals surface area contributed by atoms with Gasteiger partial charge in [0, 0.05) is 44.6 Å². The van der Waals surface area contributed by atoms with Crippen LogP contribution in [0.1, 0.15) is 42.6 Å². The highest BCUT2D eigenvalue weighted by Gasteiger charge is 2.26. The molecule has 0 radical (unpaired) electrons. The van der Waals surface area contributed by atoms with Gasteiger partial charge in [-0.3, -0.25) is 10.8 Å². The highest BCUT2D eigenvalue weighted by molar-refractivity contribution is 5.76. The van der Waals surface area contributed by atoms with Crippen molar-refractivity contribution in [3.05, 3.63) is 59.2 Å². The molecular weight excluding hydrogens is 446 g/mol. The maximum Gasteiger partial charge on any atom is 0.349 e. The number of hydrogen-bond acceptors (Lipinski definition) is 5. The number of carboxylic acid groups (broad SMARTS) is 1. The van der Waals surface area contributed by atoms with Crippen molar-refractivity contribution in [2.45, 2.75) is 44.8 Å². The molecule has 0 saturated carbocycles. The van der Waals surface area contributed by atoms with Gasteiger partial charge in [0.2, 0.25) is 6.10 Å². The Morgan fingerprint density at radius 3 is 2.34 bits per heavy atom. The molecule has 0 amide bonds. The summed E-state index contributed by atoms with van der Waals surface area (Å²) < 4.78 is 12.2. The minimum absolute atomic E-state index is 0.0429. The van der Waals surface area contributed by atoms with Crippen LogP contribution in [0.3, 0.4) is 0 Å².